The van der Waals surface area contributed by atoms with E-state index in [9.17, 15) is 4.79 Å². The van der Waals surface area contributed by atoms with E-state index < -0.39 is 5.97 Å². The van der Waals surface area contributed by atoms with Crippen molar-refractivity contribution in [3.8, 4) is 5.75 Å². The fraction of sp³-hybridized carbons (Fsp3) is 0.400. The molecule has 0 aliphatic carbocycles. The highest BCUT2D eigenvalue weighted by Crippen LogP contribution is 2.14. The standard InChI is InChI=1S/C15H21NO4/c1-2-16(8-10-17)9-11-20-14-5-3-4-13(12-14)6-7-15(18)19/h3-7,12,17H,2,8-11H2,1H3,(H,18,19). The van der Waals surface area contributed by atoms with E-state index in [4.69, 9.17) is 14.9 Å². The first-order chi connectivity index (χ1) is 9.65. The molecule has 0 unspecified atom stereocenters. The zero-order valence-corrected chi connectivity index (χ0v) is 11.7. The molecule has 1 aromatic rings. The first-order valence-corrected chi connectivity index (χ1v) is 6.62. The molecular formula is C15H21NO4. The van der Waals surface area contributed by atoms with E-state index >= 15 is 0 Å². The quantitative estimate of drug-likeness (QED) is 0.670. The fourth-order valence-corrected chi connectivity index (χ4v) is 1.74. The molecule has 0 fully saturated rings. The summed E-state index contributed by atoms with van der Waals surface area (Å²) in [5.41, 5.74) is 0.785. The van der Waals surface area contributed by atoms with E-state index in [2.05, 4.69) is 4.90 Å². The Balaban J connectivity index is 2.48. The van der Waals surface area contributed by atoms with Crippen LogP contribution in [0, 0.1) is 0 Å². The summed E-state index contributed by atoms with van der Waals surface area (Å²) in [6.45, 7) is 4.95. The van der Waals surface area contributed by atoms with Crippen molar-refractivity contribution in [3.05, 3.63) is 35.9 Å². The number of carboxylic acids is 1. The summed E-state index contributed by atoms with van der Waals surface area (Å²) in [6.07, 6.45) is 2.62. The Morgan fingerprint density at radius 3 is 2.85 bits per heavy atom. The molecule has 0 bridgehead atoms. The average Bonchev–Trinajstić information content (AvgIpc) is 2.44. The van der Waals surface area contributed by atoms with Crippen LogP contribution < -0.4 is 4.74 Å². The summed E-state index contributed by atoms with van der Waals surface area (Å²) in [7, 11) is 0. The molecule has 0 saturated carbocycles. The maximum Gasteiger partial charge on any atom is 0.328 e. The third-order valence-electron chi connectivity index (χ3n) is 2.82. The van der Waals surface area contributed by atoms with E-state index in [0.29, 0.717) is 18.9 Å². The van der Waals surface area contributed by atoms with Gasteiger partial charge < -0.3 is 14.9 Å². The van der Waals surface area contributed by atoms with Crippen LogP contribution in [0.4, 0.5) is 0 Å². The third-order valence-corrected chi connectivity index (χ3v) is 2.82. The zero-order chi connectivity index (χ0) is 14.8. The number of rotatable bonds is 9. The first kappa shape index (κ1) is 16.2. The largest absolute Gasteiger partial charge is 0.492 e. The molecule has 110 valence electrons. The Morgan fingerprint density at radius 2 is 2.20 bits per heavy atom. The molecule has 0 spiro atoms. The van der Waals surface area contributed by atoms with Gasteiger partial charge in [0, 0.05) is 19.2 Å². The number of likely N-dealkylation sites (N-methyl/N-ethyl adjacent to an activating group) is 1. The van der Waals surface area contributed by atoms with E-state index in [1.54, 1.807) is 6.07 Å². The second-order valence-corrected chi connectivity index (χ2v) is 4.25. The van der Waals surface area contributed by atoms with E-state index in [1.807, 2.05) is 25.1 Å². The Kier molecular flexibility index (Phi) is 7.39. The number of aliphatic carboxylic acids is 1. The van der Waals surface area contributed by atoms with Crippen molar-refractivity contribution < 1.29 is 19.7 Å². The molecule has 0 aliphatic heterocycles. The van der Waals surface area contributed by atoms with Gasteiger partial charge in [-0.1, -0.05) is 19.1 Å². The monoisotopic (exact) mass is 279 g/mol. The van der Waals surface area contributed by atoms with E-state index in [0.717, 1.165) is 24.7 Å². The molecule has 1 rings (SSSR count). The minimum absolute atomic E-state index is 0.142. The topological polar surface area (TPSA) is 70.0 Å². The van der Waals surface area contributed by atoms with Gasteiger partial charge >= 0.3 is 5.97 Å². The van der Waals surface area contributed by atoms with Crippen LogP contribution in [0.5, 0.6) is 5.75 Å². The maximum atomic E-state index is 10.5. The van der Waals surface area contributed by atoms with Gasteiger partial charge in [-0.3, -0.25) is 4.90 Å². The van der Waals surface area contributed by atoms with Crippen LogP contribution in [0.15, 0.2) is 30.3 Å². The first-order valence-electron chi connectivity index (χ1n) is 6.62. The van der Waals surface area contributed by atoms with Crippen LogP contribution in [0.25, 0.3) is 6.08 Å². The van der Waals surface area contributed by atoms with E-state index in [-0.39, 0.29) is 6.61 Å². The molecule has 0 aliphatic rings. The van der Waals surface area contributed by atoms with Crippen molar-refractivity contribution in [2.75, 3.05) is 32.8 Å². The number of ether oxygens (including phenoxy) is 1. The van der Waals surface area contributed by atoms with Crippen molar-refractivity contribution >= 4 is 12.0 Å². The molecule has 0 amide bonds. The molecule has 2 N–H and O–H groups in total. The number of carbonyl (C=O) groups is 1. The minimum Gasteiger partial charge on any atom is -0.492 e. The van der Waals surface area contributed by atoms with Crippen LogP contribution >= 0.6 is 0 Å². The van der Waals surface area contributed by atoms with Gasteiger partial charge in [0.15, 0.2) is 0 Å². The highest BCUT2D eigenvalue weighted by Gasteiger charge is 2.01. The molecule has 0 atom stereocenters. The molecular weight excluding hydrogens is 258 g/mol. The lowest BCUT2D eigenvalue weighted by Crippen LogP contribution is -2.30. The Bertz CT molecular complexity index is 445. The van der Waals surface area contributed by atoms with Gasteiger partial charge in [0.2, 0.25) is 0 Å². The predicted octanol–water partition coefficient (Wildman–Crippen LogP) is 1.48. The second-order valence-electron chi connectivity index (χ2n) is 4.25. The van der Waals surface area contributed by atoms with Gasteiger partial charge in [-0.2, -0.15) is 0 Å². The summed E-state index contributed by atoms with van der Waals surface area (Å²) in [5, 5.41) is 17.5. The van der Waals surface area contributed by atoms with Crippen LogP contribution in [0.1, 0.15) is 12.5 Å². The maximum absolute atomic E-state index is 10.5. The van der Waals surface area contributed by atoms with Gasteiger partial charge in [-0.25, -0.2) is 4.79 Å². The predicted molar refractivity (Wildman–Crippen MR) is 77.8 cm³/mol. The van der Waals surface area contributed by atoms with Gasteiger partial charge in [-0.05, 0) is 30.3 Å². The molecule has 0 radical (unpaired) electrons. The highest BCUT2D eigenvalue weighted by molar-refractivity contribution is 5.85. The summed E-state index contributed by atoms with van der Waals surface area (Å²) >= 11 is 0. The zero-order valence-electron chi connectivity index (χ0n) is 11.7. The summed E-state index contributed by atoms with van der Waals surface area (Å²) in [4.78, 5) is 12.5. The molecule has 5 heteroatoms. The van der Waals surface area contributed by atoms with Crippen molar-refractivity contribution in [1.29, 1.82) is 0 Å². The summed E-state index contributed by atoms with van der Waals surface area (Å²) < 4.78 is 5.63. The van der Waals surface area contributed by atoms with Crippen LogP contribution in [0.2, 0.25) is 0 Å². The molecule has 0 heterocycles. The van der Waals surface area contributed by atoms with Gasteiger partial charge in [-0.15, -0.1) is 0 Å². The number of carboxylic acid groups (broad SMARTS) is 1. The lowest BCUT2D eigenvalue weighted by atomic mass is 10.2. The van der Waals surface area contributed by atoms with Crippen LogP contribution in [0.3, 0.4) is 0 Å². The third kappa shape index (κ3) is 6.36. The summed E-state index contributed by atoms with van der Waals surface area (Å²) in [6, 6.07) is 7.26. The Labute approximate surface area is 119 Å². The number of benzene rings is 1. The fourth-order valence-electron chi connectivity index (χ4n) is 1.74. The average molecular weight is 279 g/mol. The van der Waals surface area contributed by atoms with Crippen LogP contribution in [-0.4, -0.2) is 53.9 Å². The molecule has 1 aromatic carbocycles. The lowest BCUT2D eigenvalue weighted by molar-refractivity contribution is -0.131. The Morgan fingerprint density at radius 1 is 1.40 bits per heavy atom. The number of hydrogen-bond donors (Lipinski definition) is 2. The smallest absolute Gasteiger partial charge is 0.328 e. The molecule has 0 aromatic heterocycles. The second kappa shape index (κ2) is 9.12. The highest BCUT2D eigenvalue weighted by atomic mass is 16.5. The summed E-state index contributed by atoms with van der Waals surface area (Å²) in [5.74, 6) is -0.267. The van der Waals surface area contributed by atoms with Crippen LogP contribution in [-0.2, 0) is 4.79 Å². The molecule has 20 heavy (non-hydrogen) atoms. The van der Waals surface area contributed by atoms with E-state index in [1.165, 1.54) is 6.08 Å². The number of nitrogens with zero attached hydrogens (tertiary/aromatic N) is 1. The lowest BCUT2D eigenvalue weighted by Gasteiger charge is -2.19. The number of hydrogen-bond acceptors (Lipinski definition) is 4. The molecule has 5 nitrogen and oxygen atoms in total. The Hall–Kier alpha value is -1.85. The van der Waals surface area contributed by atoms with Crippen molar-refractivity contribution in [2.24, 2.45) is 0 Å². The van der Waals surface area contributed by atoms with Crippen molar-refractivity contribution in [3.63, 3.8) is 0 Å². The van der Waals surface area contributed by atoms with Gasteiger partial charge in [0.1, 0.15) is 12.4 Å². The van der Waals surface area contributed by atoms with Crippen molar-refractivity contribution in [1.82, 2.24) is 4.90 Å². The normalized spacial score (nSPS) is 11.2. The van der Waals surface area contributed by atoms with Gasteiger partial charge in [0.25, 0.3) is 0 Å². The number of aliphatic hydroxyl groups excluding tert-OH is 1. The minimum atomic E-state index is -0.973. The van der Waals surface area contributed by atoms with Gasteiger partial charge in [0.05, 0.1) is 6.61 Å². The number of aliphatic hydroxyl groups is 1. The molecule has 0 saturated heterocycles. The SMILES string of the molecule is CCN(CCO)CCOc1cccc(C=CC(=O)O)c1. The van der Waals surface area contributed by atoms with Crippen molar-refractivity contribution in [2.45, 2.75) is 6.92 Å².